The van der Waals surface area contributed by atoms with Gasteiger partial charge in [0.05, 0.1) is 6.61 Å². The first-order valence-corrected chi connectivity index (χ1v) is 7.09. The maximum atomic E-state index is 10.6. The molecule has 0 aliphatic carbocycles. The summed E-state index contributed by atoms with van der Waals surface area (Å²) >= 11 is 0. The van der Waals surface area contributed by atoms with Crippen molar-refractivity contribution < 1.29 is 19.7 Å². The smallest absolute Gasteiger partial charge is 0.329 e. The van der Waals surface area contributed by atoms with Gasteiger partial charge in [-0.1, -0.05) is 41.5 Å². The molecule has 1 aromatic carbocycles. The summed E-state index contributed by atoms with van der Waals surface area (Å²) in [6.45, 7) is 12.1. The Bertz CT molecular complexity index is 484. The number of phenols is 1. The lowest BCUT2D eigenvalue weighted by molar-refractivity contribution is -0.142. The molecule has 0 radical (unpaired) electrons. The van der Waals surface area contributed by atoms with Crippen LogP contribution in [0.4, 0.5) is 0 Å². The highest BCUT2D eigenvalue weighted by atomic mass is 16.5. The van der Waals surface area contributed by atoms with Crippen LogP contribution in [-0.4, -0.2) is 22.8 Å². The molecule has 2 N–H and O–H groups in total. The summed E-state index contributed by atoms with van der Waals surface area (Å²) in [6, 6.07) is 3.79. The van der Waals surface area contributed by atoms with Crippen LogP contribution in [-0.2, 0) is 27.0 Å². The average molecular weight is 294 g/mol. The molecule has 4 nitrogen and oxygen atoms in total. The normalized spacial score (nSPS) is 12.5. The number of aromatic hydroxyl groups is 1. The molecular weight excluding hydrogens is 268 g/mol. The molecule has 0 atom stereocenters. The van der Waals surface area contributed by atoms with Gasteiger partial charge in [0.15, 0.2) is 0 Å². The number of ether oxygens (including phenoxy) is 1. The van der Waals surface area contributed by atoms with E-state index in [1.54, 1.807) is 0 Å². The quantitative estimate of drug-likeness (QED) is 0.890. The van der Waals surface area contributed by atoms with Crippen LogP contribution in [0.2, 0.25) is 0 Å². The molecule has 0 fully saturated rings. The van der Waals surface area contributed by atoms with Crippen molar-refractivity contribution in [3.8, 4) is 5.75 Å². The summed E-state index contributed by atoms with van der Waals surface area (Å²) < 4.78 is 5.18. The fraction of sp³-hybridized carbons (Fsp3) is 0.588. The van der Waals surface area contributed by atoms with Gasteiger partial charge in [-0.2, -0.15) is 0 Å². The van der Waals surface area contributed by atoms with E-state index in [1.807, 2.05) is 53.7 Å². The Balaban J connectivity index is 3.24. The van der Waals surface area contributed by atoms with Gasteiger partial charge in [0.2, 0.25) is 0 Å². The molecule has 1 aromatic rings. The van der Waals surface area contributed by atoms with Gasteiger partial charge in [-0.15, -0.1) is 0 Å². The number of benzene rings is 1. The highest BCUT2D eigenvalue weighted by Gasteiger charge is 2.26. The number of carbonyl (C=O) groups is 1. The first-order chi connectivity index (χ1) is 9.43. The van der Waals surface area contributed by atoms with E-state index in [-0.39, 0.29) is 24.0 Å². The molecule has 0 aliphatic heterocycles. The molecule has 0 bridgehead atoms. The van der Waals surface area contributed by atoms with E-state index < -0.39 is 5.97 Å². The van der Waals surface area contributed by atoms with Gasteiger partial charge >= 0.3 is 5.97 Å². The second-order valence-corrected chi connectivity index (χ2v) is 7.43. The summed E-state index contributed by atoms with van der Waals surface area (Å²) in [4.78, 5) is 10.5. The number of carboxylic acid groups (broad SMARTS) is 1. The second kappa shape index (κ2) is 6.06. The van der Waals surface area contributed by atoms with Crippen LogP contribution in [0, 0.1) is 0 Å². The van der Waals surface area contributed by atoms with Crippen molar-refractivity contribution in [3.63, 3.8) is 0 Å². The van der Waals surface area contributed by atoms with E-state index in [4.69, 9.17) is 9.84 Å². The molecule has 21 heavy (non-hydrogen) atoms. The van der Waals surface area contributed by atoms with Crippen LogP contribution in [0.25, 0.3) is 0 Å². The van der Waals surface area contributed by atoms with Gasteiger partial charge in [-0.3, -0.25) is 0 Å². The van der Waals surface area contributed by atoms with Gasteiger partial charge in [-0.05, 0) is 39.7 Å². The average Bonchev–Trinajstić information content (AvgIpc) is 2.27. The molecule has 0 spiro atoms. The third kappa shape index (κ3) is 4.74. The molecule has 0 unspecified atom stereocenters. The summed E-state index contributed by atoms with van der Waals surface area (Å²) in [5.74, 6) is -0.669. The highest BCUT2D eigenvalue weighted by molar-refractivity contribution is 5.68. The first-order valence-electron chi connectivity index (χ1n) is 7.09. The van der Waals surface area contributed by atoms with E-state index in [2.05, 4.69) is 0 Å². The fourth-order valence-corrected chi connectivity index (χ4v) is 2.18. The Labute approximate surface area is 126 Å². The molecule has 0 heterocycles. The van der Waals surface area contributed by atoms with E-state index >= 15 is 0 Å². The fourth-order valence-electron chi connectivity index (χ4n) is 2.18. The Morgan fingerprint density at radius 3 is 1.81 bits per heavy atom. The Morgan fingerprint density at radius 2 is 1.48 bits per heavy atom. The lowest BCUT2D eigenvalue weighted by atomic mass is 9.78. The minimum absolute atomic E-state index is 0.201. The van der Waals surface area contributed by atoms with Crippen molar-refractivity contribution in [2.75, 3.05) is 6.61 Å². The molecule has 4 heteroatoms. The zero-order valence-electron chi connectivity index (χ0n) is 13.8. The maximum Gasteiger partial charge on any atom is 0.329 e. The third-order valence-electron chi connectivity index (χ3n) is 3.28. The lowest BCUT2D eigenvalue weighted by Crippen LogP contribution is -2.18. The molecule has 1 rings (SSSR count). The van der Waals surface area contributed by atoms with Crippen LogP contribution in [0.3, 0.4) is 0 Å². The van der Waals surface area contributed by atoms with Crippen LogP contribution >= 0.6 is 0 Å². The summed E-state index contributed by atoms with van der Waals surface area (Å²) in [5, 5.41) is 19.2. The van der Waals surface area contributed by atoms with Crippen molar-refractivity contribution in [3.05, 3.63) is 28.8 Å². The molecule has 0 aliphatic rings. The van der Waals surface area contributed by atoms with E-state index in [0.29, 0.717) is 5.75 Å². The largest absolute Gasteiger partial charge is 0.507 e. The number of hydrogen-bond donors (Lipinski definition) is 2. The number of carboxylic acids is 1. The number of aliphatic carboxylic acids is 1. The summed E-state index contributed by atoms with van der Waals surface area (Å²) in [5.41, 5.74) is 2.18. The Kier molecular flexibility index (Phi) is 5.05. The molecule has 0 saturated carbocycles. The molecule has 118 valence electrons. The highest BCUT2D eigenvalue weighted by Crippen LogP contribution is 2.39. The van der Waals surface area contributed by atoms with Gasteiger partial charge in [0.25, 0.3) is 0 Å². The standard InChI is InChI=1S/C17H26O4/c1-16(2,3)12-7-11(9-21-10-14(18)19)8-13(15(12)20)17(4,5)6/h7-8,20H,9-10H2,1-6H3,(H,18,19). The van der Waals surface area contributed by atoms with Gasteiger partial charge in [0, 0.05) is 0 Å². The van der Waals surface area contributed by atoms with Crippen LogP contribution in [0.15, 0.2) is 12.1 Å². The number of phenolic OH excluding ortho intramolecular Hbond substituents is 1. The maximum absolute atomic E-state index is 10.6. The van der Waals surface area contributed by atoms with Crippen molar-refractivity contribution in [2.45, 2.75) is 59.0 Å². The van der Waals surface area contributed by atoms with Crippen molar-refractivity contribution in [1.82, 2.24) is 0 Å². The van der Waals surface area contributed by atoms with Crippen LogP contribution < -0.4 is 0 Å². The van der Waals surface area contributed by atoms with Gasteiger partial charge < -0.3 is 14.9 Å². The molecular formula is C17H26O4. The van der Waals surface area contributed by atoms with Crippen molar-refractivity contribution in [2.24, 2.45) is 0 Å². The van der Waals surface area contributed by atoms with Crippen molar-refractivity contribution >= 4 is 5.97 Å². The topological polar surface area (TPSA) is 66.8 Å². The predicted octanol–water partition coefficient (Wildman–Crippen LogP) is 3.59. The minimum Gasteiger partial charge on any atom is -0.507 e. The zero-order chi connectivity index (χ0) is 16.4. The van der Waals surface area contributed by atoms with Gasteiger partial charge in [-0.25, -0.2) is 4.79 Å². The van der Waals surface area contributed by atoms with Crippen molar-refractivity contribution in [1.29, 1.82) is 0 Å². The van der Waals surface area contributed by atoms with E-state index in [1.165, 1.54) is 0 Å². The molecule has 0 aromatic heterocycles. The Hall–Kier alpha value is -1.55. The van der Waals surface area contributed by atoms with Crippen LogP contribution in [0.1, 0.15) is 58.2 Å². The Morgan fingerprint density at radius 1 is 1.05 bits per heavy atom. The number of rotatable bonds is 4. The summed E-state index contributed by atoms with van der Waals surface area (Å²) in [6.07, 6.45) is 0. The number of hydrogen-bond acceptors (Lipinski definition) is 3. The minimum atomic E-state index is -0.985. The monoisotopic (exact) mass is 294 g/mol. The van der Waals surface area contributed by atoms with Gasteiger partial charge in [0.1, 0.15) is 12.4 Å². The first kappa shape index (κ1) is 17.5. The zero-order valence-corrected chi connectivity index (χ0v) is 13.8. The van der Waals surface area contributed by atoms with E-state index in [0.717, 1.165) is 16.7 Å². The molecule has 0 saturated heterocycles. The SMILES string of the molecule is CC(C)(C)c1cc(COCC(=O)O)cc(C(C)(C)C)c1O. The lowest BCUT2D eigenvalue weighted by Gasteiger charge is -2.28. The second-order valence-electron chi connectivity index (χ2n) is 7.43. The van der Waals surface area contributed by atoms with Crippen LogP contribution in [0.5, 0.6) is 5.75 Å². The molecule has 0 amide bonds. The summed E-state index contributed by atoms with van der Waals surface area (Å²) in [7, 11) is 0. The van der Waals surface area contributed by atoms with E-state index in [9.17, 15) is 9.90 Å². The third-order valence-corrected chi connectivity index (χ3v) is 3.28. The predicted molar refractivity (Wildman–Crippen MR) is 82.8 cm³/mol.